The summed E-state index contributed by atoms with van der Waals surface area (Å²) in [6.07, 6.45) is 5.59. The average Bonchev–Trinajstić information content (AvgIpc) is 2.57. The minimum Gasteiger partial charge on any atom is -0.356 e. The predicted octanol–water partition coefficient (Wildman–Crippen LogP) is 2.90. The van der Waals surface area contributed by atoms with Crippen molar-refractivity contribution in [1.29, 1.82) is 0 Å². The minimum atomic E-state index is 0.0440. The van der Waals surface area contributed by atoms with Crippen LogP contribution in [0.15, 0.2) is 18.3 Å². The number of Topliss-reactive ketones (excluding diaryl/α,β-unsaturated/α-hetero) is 1. The van der Waals surface area contributed by atoms with Crippen molar-refractivity contribution >= 4 is 17.5 Å². The number of rotatable bonds is 3. The zero-order chi connectivity index (χ0) is 17.3. The van der Waals surface area contributed by atoms with E-state index in [4.69, 9.17) is 0 Å². The van der Waals surface area contributed by atoms with Gasteiger partial charge in [0.15, 0.2) is 5.78 Å². The molecule has 0 bridgehead atoms. The first-order chi connectivity index (χ1) is 11.4. The Morgan fingerprint density at radius 2 is 2.04 bits per heavy atom. The largest absolute Gasteiger partial charge is 0.356 e. The summed E-state index contributed by atoms with van der Waals surface area (Å²) in [5.74, 6) is 1.27. The van der Waals surface area contributed by atoms with Crippen molar-refractivity contribution in [3.8, 4) is 0 Å². The molecule has 0 saturated carbocycles. The van der Waals surface area contributed by atoms with E-state index in [2.05, 4.69) is 23.7 Å². The van der Waals surface area contributed by atoms with E-state index in [0.29, 0.717) is 12.0 Å². The third kappa shape index (κ3) is 3.30. The van der Waals surface area contributed by atoms with E-state index in [1.165, 1.54) is 6.42 Å². The van der Waals surface area contributed by atoms with E-state index in [0.717, 1.165) is 38.3 Å². The Labute approximate surface area is 144 Å². The van der Waals surface area contributed by atoms with Gasteiger partial charge in [0.2, 0.25) is 5.91 Å². The van der Waals surface area contributed by atoms with E-state index >= 15 is 0 Å². The first kappa shape index (κ1) is 16.9. The number of ketones is 1. The summed E-state index contributed by atoms with van der Waals surface area (Å²) in [5, 5.41) is 0. The molecule has 5 nitrogen and oxygen atoms in total. The molecule has 0 N–H and O–H groups in total. The third-order valence-electron chi connectivity index (χ3n) is 5.46. The van der Waals surface area contributed by atoms with Gasteiger partial charge in [-0.25, -0.2) is 4.98 Å². The van der Waals surface area contributed by atoms with Crippen LogP contribution in [0, 0.1) is 5.41 Å². The lowest BCUT2D eigenvalue weighted by molar-refractivity contribution is -0.140. The van der Waals surface area contributed by atoms with Gasteiger partial charge in [0.1, 0.15) is 5.82 Å². The lowest BCUT2D eigenvalue weighted by atomic mass is 9.73. The lowest BCUT2D eigenvalue weighted by Gasteiger charge is -2.49. The molecule has 1 aromatic rings. The fourth-order valence-corrected chi connectivity index (χ4v) is 4.03. The number of likely N-dealkylation sites (tertiary alicyclic amines) is 1. The van der Waals surface area contributed by atoms with Gasteiger partial charge in [-0.05, 0) is 52.2 Å². The molecule has 0 unspecified atom stereocenters. The number of carbonyl (C=O) groups is 2. The molecule has 1 aromatic heterocycles. The van der Waals surface area contributed by atoms with Crippen LogP contribution in [0.4, 0.5) is 5.82 Å². The molecule has 2 aliphatic rings. The van der Waals surface area contributed by atoms with Gasteiger partial charge < -0.3 is 9.80 Å². The summed E-state index contributed by atoms with van der Waals surface area (Å²) < 4.78 is 0. The zero-order valence-electron chi connectivity index (χ0n) is 14.9. The van der Waals surface area contributed by atoms with Crippen molar-refractivity contribution in [2.75, 3.05) is 24.5 Å². The van der Waals surface area contributed by atoms with Gasteiger partial charge >= 0.3 is 0 Å². The maximum absolute atomic E-state index is 12.2. The highest BCUT2D eigenvalue weighted by molar-refractivity contribution is 5.93. The molecule has 3 heterocycles. The van der Waals surface area contributed by atoms with Crippen molar-refractivity contribution in [3.05, 3.63) is 23.9 Å². The Balaban J connectivity index is 1.76. The Kier molecular flexibility index (Phi) is 4.61. The van der Waals surface area contributed by atoms with Crippen molar-refractivity contribution in [2.24, 2.45) is 5.41 Å². The third-order valence-corrected chi connectivity index (χ3v) is 5.46. The van der Waals surface area contributed by atoms with Gasteiger partial charge in [-0.1, -0.05) is 0 Å². The Morgan fingerprint density at radius 3 is 2.67 bits per heavy atom. The molecule has 0 aliphatic carbocycles. The van der Waals surface area contributed by atoms with Crippen LogP contribution in [0.1, 0.15) is 56.8 Å². The molecule has 0 radical (unpaired) electrons. The summed E-state index contributed by atoms with van der Waals surface area (Å²) in [4.78, 5) is 32.5. The molecule has 130 valence electrons. The van der Waals surface area contributed by atoms with Gasteiger partial charge in [-0.3, -0.25) is 9.59 Å². The molecule has 1 spiro atoms. The van der Waals surface area contributed by atoms with Gasteiger partial charge in [0.05, 0.1) is 0 Å². The second-order valence-corrected chi connectivity index (χ2v) is 7.60. The molecule has 2 saturated heterocycles. The van der Waals surface area contributed by atoms with Crippen LogP contribution in [-0.2, 0) is 4.79 Å². The second kappa shape index (κ2) is 6.54. The molecule has 24 heavy (non-hydrogen) atoms. The highest BCUT2D eigenvalue weighted by atomic mass is 16.2. The minimum absolute atomic E-state index is 0.0440. The number of anilines is 1. The van der Waals surface area contributed by atoms with Gasteiger partial charge in [-0.2, -0.15) is 0 Å². The van der Waals surface area contributed by atoms with Crippen molar-refractivity contribution in [2.45, 2.75) is 52.5 Å². The topological polar surface area (TPSA) is 53.5 Å². The quantitative estimate of drug-likeness (QED) is 0.800. The molecule has 3 rings (SSSR count). The lowest BCUT2D eigenvalue weighted by Crippen LogP contribution is -2.55. The summed E-state index contributed by atoms with van der Waals surface area (Å²) >= 11 is 0. The van der Waals surface area contributed by atoms with Crippen LogP contribution in [-0.4, -0.2) is 47.3 Å². The summed E-state index contributed by atoms with van der Waals surface area (Å²) in [5.41, 5.74) is 0.830. The average molecular weight is 329 g/mol. The summed E-state index contributed by atoms with van der Waals surface area (Å²) in [6.45, 7) is 8.54. The first-order valence-corrected chi connectivity index (χ1v) is 8.92. The fraction of sp³-hybridized carbons (Fsp3) is 0.632. The van der Waals surface area contributed by atoms with E-state index in [1.807, 2.05) is 17.0 Å². The molecular formula is C19H27N3O2. The number of carbonyl (C=O) groups excluding carboxylic acids is 2. The van der Waals surface area contributed by atoms with Crippen LogP contribution < -0.4 is 4.90 Å². The van der Waals surface area contributed by atoms with Crippen molar-refractivity contribution < 1.29 is 9.59 Å². The SMILES string of the molecule is CC(=O)c1ccc(N2CCC[C@@]3(CCC(=O)N(C(C)C)C3)C2)nc1. The normalized spacial score (nSPS) is 24.8. The maximum atomic E-state index is 12.2. The number of amides is 1. The van der Waals surface area contributed by atoms with Crippen LogP contribution >= 0.6 is 0 Å². The number of nitrogens with zero attached hydrogens (tertiary/aromatic N) is 3. The number of hydrogen-bond acceptors (Lipinski definition) is 4. The molecule has 1 amide bonds. The van der Waals surface area contributed by atoms with E-state index in [-0.39, 0.29) is 23.1 Å². The standard InChI is InChI=1S/C19H27N3O2/c1-14(2)22-13-19(9-7-18(22)24)8-4-10-21(12-19)17-6-5-16(11-20-17)15(3)23/h5-6,11,14H,4,7-10,12-13H2,1-3H3/t19-/m1/s1. The van der Waals surface area contributed by atoms with Gasteiger partial charge in [0, 0.05) is 49.3 Å². The maximum Gasteiger partial charge on any atom is 0.222 e. The summed E-state index contributed by atoms with van der Waals surface area (Å²) in [7, 11) is 0. The Morgan fingerprint density at radius 1 is 1.25 bits per heavy atom. The van der Waals surface area contributed by atoms with Gasteiger partial charge in [0.25, 0.3) is 0 Å². The van der Waals surface area contributed by atoms with Crippen molar-refractivity contribution in [3.63, 3.8) is 0 Å². The second-order valence-electron chi connectivity index (χ2n) is 7.60. The van der Waals surface area contributed by atoms with Crippen LogP contribution in [0.5, 0.6) is 0 Å². The molecular weight excluding hydrogens is 302 g/mol. The van der Waals surface area contributed by atoms with E-state index in [1.54, 1.807) is 13.1 Å². The number of aromatic nitrogens is 1. The van der Waals surface area contributed by atoms with E-state index < -0.39 is 0 Å². The van der Waals surface area contributed by atoms with Crippen LogP contribution in [0.2, 0.25) is 0 Å². The first-order valence-electron chi connectivity index (χ1n) is 8.92. The number of pyridine rings is 1. The Bertz CT molecular complexity index is 626. The highest BCUT2D eigenvalue weighted by Gasteiger charge is 2.42. The van der Waals surface area contributed by atoms with Crippen LogP contribution in [0.25, 0.3) is 0 Å². The highest BCUT2D eigenvalue weighted by Crippen LogP contribution is 2.40. The number of hydrogen-bond donors (Lipinski definition) is 0. The molecule has 0 aromatic carbocycles. The van der Waals surface area contributed by atoms with Crippen molar-refractivity contribution in [1.82, 2.24) is 9.88 Å². The predicted molar refractivity (Wildman–Crippen MR) is 94.2 cm³/mol. The number of piperidine rings is 2. The smallest absolute Gasteiger partial charge is 0.222 e. The zero-order valence-corrected chi connectivity index (χ0v) is 14.9. The molecule has 1 atom stereocenters. The molecule has 2 aliphatic heterocycles. The molecule has 2 fully saturated rings. The monoisotopic (exact) mass is 329 g/mol. The molecule has 5 heteroatoms. The van der Waals surface area contributed by atoms with E-state index in [9.17, 15) is 9.59 Å². The Hall–Kier alpha value is -1.91. The fourth-order valence-electron chi connectivity index (χ4n) is 4.03. The summed E-state index contributed by atoms with van der Waals surface area (Å²) in [6, 6.07) is 4.07. The van der Waals surface area contributed by atoms with Crippen LogP contribution in [0.3, 0.4) is 0 Å². The van der Waals surface area contributed by atoms with Gasteiger partial charge in [-0.15, -0.1) is 0 Å².